The lowest BCUT2D eigenvalue weighted by molar-refractivity contribution is 0.452. The molecule has 1 N–H and O–H groups in total. The van der Waals surface area contributed by atoms with Crippen LogP contribution >= 0.6 is 0 Å². The van der Waals surface area contributed by atoms with Crippen LogP contribution in [0.4, 0.5) is 4.39 Å². The molecule has 0 bridgehead atoms. The zero-order chi connectivity index (χ0) is 13.8. The highest BCUT2D eigenvalue weighted by atomic mass is 19.1. The van der Waals surface area contributed by atoms with E-state index in [-0.39, 0.29) is 11.9 Å². The lowest BCUT2D eigenvalue weighted by Gasteiger charge is -2.12. The number of benzene rings is 1. The second-order valence-electron chi connectivity index (χ2n) is 4.45. The number of pyridine rings is 1. The summed E-state index contributed by atoms with van der Waals surface area (Å²) in [6, 6.07) is 8.45. The van der Waals surface area contributed by atoms with E-state index in [0.717, 1.165) is 11.1 Å². The third-order valence-electron chi connectivity index (χ3n) is 3.06. The van der Waals surface area contributed by atoms with E-state index in [2.05, 4.69) is 10.3 Å². The third-order valence-corrected chi connectivity index (χ3v) is 3.06. The van der Waals surface area contributed by atoms with E-state index in [0.29, 0.717) is 11.6 Å². The number of nitrogens with one attached hydrogen (secondary N) is 1. The summed E-state index contributed by atoms with van der Waals surface area (Å²) in [5, 5.41) is 3.15. The average molecular weight is 260 g/mol. The Labute approximate surface area is 112 Å². The minimum atomic E-state index is -0.319. The molecule has 3 nitrogen and oxygen atoms in total. The number of halogens is 1. The highest BCUT2D eigenvalue weighted by Crippen LogP contribution is 2.25. The zero-order valence-electron chi connectivity index (χ0n) is 11.3. The van der Waals surface area contributed by atoms with Crippen molar-refractivity contribution in [3.8, 4) is 11.6 Å². The van der Waals surface area contributed by atoms with Crippen molar-refractivity contribution in [2.24, 2.45) is 0 Å². The maximum Gasteiger partial charge on any atom is 0.219 e. The zero-order valence-corrected chi connectivity index (χ0v) is 11.3. The van der Waals surface area contributed by atoms with Crippen molar-refractivity contribution in [1.29, 1.82) is 0 Å². The van der Waals surface area contributed by atoms with Gasteiger partial charge >= 0.3 is 0 Å². The number of aromatic nitrogens is 1. The van der Waals surface area contributed by atoms with Gasteiger partial charge in [0, 0.05) is 24.4 Å². The highest BCUT2D eigenvalue weighted by Gasteiger charge is 2.07. The molecular formula is C15H17FN2O. The van der Waals surface area contributed by atoms with Gasteiger partial charge in [-0.1, -0.05) is 6.07 Å². The highest BCUT2D eigenvalue weighted by molar-refractivity contribution is 5.36. The first kappa shape index (κ1) is 13.5. The molecule has 0 aliphatic carbocycles. The molecule has 100 valence electrons. The molecular weight excluding hydrogens is 243 g/mol. The maximum absolute atomic E-state index is 13.2. The molecule has 2 aromatic rings. The van der Waals surface area contributed by atoms with Crippen LogP contribution in [0.1, 0.15) is 24.1 Å². The molecule has 1 unspecified atom stereocenters. The number of ether oxygens (including phenoxy) is 1. The normalized spacial score (nSPS) is 12.2. The van der Waals surface area contributed by atoms with E-state index in [4.69, 9.17) is 4.74 Å². The van der Waals surface area contributed by atoms with Crippen LogP contribution in [0, 0.1) is 12.7 Å². The van der Waals surface area contributed by atoms with Crippen molar-refractivity contribution >= 4 is 0 Å². The predicted molar refractivity (Wildman–Crippen MR) is 72.9 cm³/mol. The van der Waals surface area contributed by atoms with Gasteiger partial charge in [-0.05, 0) is 44.2 Å². The van der Waals surface area contributed by atoms with Gasteiger partial charge in [0.15, 0.2) is 0 Å². The summed E-state index contributed by atoms with van der Waals surface area (Å²) < 4.78 is 18.8. The predicted octanol–water partition coefficient (Wildman–Crippen LogP) is 3.60. The van der Waals surface area contributed by atoms with Gasteiger partial charge in [-0.15, -0.1) is 0 Å². The summed E-state index contributed by atoms with van der Waals surface area (Å²) in [7, 11) is 1.89. The molecule has 0 saturated carbocycles. The van der Waals surface area contributed by atoms with Gasteiger partial charge < -0.3 is 10.1 Å². The summed E-state index contributed by atoms with van der Waals surface area (Å²) in [6.45, 7) is 3.92. The first-order chi connectivity index (χ1) is 9.10. The second-order valence-corrected chi connectivity index (χ2v) is 4.45. The van der Waals surface area contributed by atoms with Crippen LogP contribution in [-0.4, -0.2) is 12.0 Å². The summed E-state index contributed by atoms with van der Waals surface area (Å²) >= 11 is 0. The lowest BCUT2D eigenvalue weighted by atomic mass is 10.1. The number of rotatable bonds is 4. The van der Waals surface area contributed by atoms with E-state index < -0.39 is 0 Å². The van der Waals surface area contributed by atoms with Crippen molar-refractivity contribution in [2.45, 2.75) is 19.9 Å². The van der Waals surface area contributed by atoms with Crippen LogP contribution in [0.15, 0.2) is 36.5 Å². The molecule has 2 rings (SSSR count). The van der Waals surface area contributed by atoms with Crippen LogP contribution in [0.2, 0.25) is 0 Å². The molecule has 4 heteroatoms. The number of hydrogen-bond donors (Lipinski definition) is 1. The Morgan fingerprint density at radius 2 is 2.05 bits per heavy atom. The van der Waals surface area contributed by atoms with Crippen LogP contribution < -0.4 is 10.1 Å². The van der Waals surface area contributed by atoms with Gasteiger partial charge in [0.2, 0.25) is 5.88 Å². The molecule has 0 saturated heterocycles. The molecule has 19 heavy (non-hydrogen) atoms. The Hall–Kier alpha value is -1.94. The van der Waals surface area contributed by atoms with Crippen LogP contribution in [0.25, 0.3) is 0 Å². The number of hydrogen-bond acceptors (Lipinski definition) is 3. The molecule has 0 amide bonds. The molecule has 0 aliphatic heterocycles. The van der Waals surface area contributed by atoms with Crippen LogP contribution in [-0.2, 0) is 0 Å². The van der Waals surface area contributed by atoms with Gasteiger partial charge in [0.1, 0.15) is 11.6 Å². The summed E-state index contributed by atoms with van der Waals surface area (Å²) in [6.07, 6.45) is 1.69. The topological polar surface area (TPSA) is 34.2 Å². The number of nitrogens with zero attached hydrogens (tertiary/aromatic N) is 1. The van der Waals surface area contributed by atoms with E-state index >= 15 is 0 Å². The largest absolute Gasteiger partial charge is 0.439 e. The van der Waals surface area contributed by atoms with Crippen molar-refractivity contribution < 1.29 is 9.13 Å². The van der Waals surface area contributed by atoms with E-state index in [9.17, 15) is 4.39 Å². The minimum Gasteiger partial charge on any atom is -0.439 e. The summed E-state index contributed by atoms with van der Waals surface area (Å²) in [4.78, 5) is 4.15. The van der Waals surface area contributed by atoms with E-state index in [1.807, 2.05) is 33.0 Å². The quantitative estimate of drug-likeness (QED) is 0.912. The molecule has 1 aromatic carbocycles. The van der Waals surface area contributed by atoms with E-state index in [1.165, 1.54) is 12.1 Å². The average Bonchev–Trinajstić information content (AvgIpc) is 2.42. The third kappa shape index (κ3) is 3.29. The van der Waals surface area contributed by atoms with E-state index in [1.54, 1.807) is 12.3 Å². The van der Waals surface area contributed by atoms with Crippen molar-refractivity contribution in [1.82, 2.24) is 10.3 Å². The fourth-order valence-corrected chi connectivity index (χ4v) is 1.71. The molecule has 0 radical (unpaired) electrons. The molecule has 1 aromatic heterocycles. The monoisotopic (exact) mass is 260 g/mol. The molecule has 1 atom stereocenters. The van der Waals surface area contributed by atoms with Gasteiger partial charge in [0.25, 0.3) is 0 Å². The molecule has 1 heterocycles. The Kier molecular flexibility index (Phi) is 4.12. The Bertz CT molecular complexity index is 572. The fraction of sp³-hybridized carbons (Fsp3) is 0.267. The summed E-state index contributed by atoms with van der Waals surface area (Å²) in [5.74, 6) is 0.635. The molecule has 0 fully saturated rings. The van der Waals surface area contributed by atoms with Crippen molar-refractivity contribution in [3.05, 3.63) is 53.5 Å². The SMILES string of the molecule is CNC(C)c1ccnc(Oc2cc(F)ccc2C)c1. The fourth-order valence-electron chi connectivity index (χ4n) is 1.71. The van der Waals surface area contributed by atoms with Crippen LogP contribution in [0.5, 0.6) is 11.6 Å². The van der Waals surface area contributed by atoms with Gasteiger partial charge in [0.05, 0.1) is 0 Å². The van der Waals surface area contributed by atoms with Gasteiger partial charge in [-0.2, -0.15) is 0 Å². The first-order valence-electron chi connectivity index (χ1n) is 6.17. The van der Waals surface area contributed by atoms with Crippen LogP contribution in [0.3, 0.4) is 0 Å². The van der Waals surface area contributed by atoms with Gasteiger partial charge in [-0.25, -0.2) is 9.37 Å². The Morgan fingerprint density at radius 3 is 2.79 bits per heavy atom. The number of aryl methyl sites for hydroxylation is 1. The first-order valence-corrected chi connectivity index (χ1v) is 6.17. The van der Waals surface area contributed by atoms with Crippen molar-refractivity contribution in [2.75, 3.05) is 7.05 Å². The van der Waals surface area contributed by atoms with Gasteiger partial charge in [-0.3, -0.25) is 0 Å². The minimum absolute atomic E-state index is 0.207. The van der Waals surface area contributed by atoms with Crippen molar-refractivity contribution in [3.63, 3.8) is 0 Å². The maximum atomic E-state index is 13.2. The smallest absolute Gasteiger partial charge is 0.219 e. The summed E-state index contributed by atoms with van der Waals surface area (Å²) in [5.41, 5.74) is 1.94. The Balaban J connectivity index is 2.26. The standard InChI is InChI=1S/C15H17FN2O/c1-10-4-5-13(16)9-14(10)19-15-8-12(6-7-18-15)11(2)17-3/h4-9,11,17H,1-3H3. The molecule has 0 spiro atoms. The second kappa shape index (κ2) is 5.80. The molecule has 0 aliphatic rings. The lowest BCUT2D eigenvalue weighted by Crippen LogP contribution is -2.12. The Morgan fingerprint density at radius 1 is 1.26 bits per heavy atom.